The van der Waals surface area contributed by atoms with E-state index in [1.807, 2.05) is 49.4 Å². The quantitative estimate of drug-likeness (QED) is 0.644. The molecule has 3 aromatic rings. The van der Waals surface area contributed by atoms with Crippen LogP contribution < -0.4 is 11.1 Å². The lowest BCUT2D eigenvalue weighted by Crippen LogP contribution is -2.10. The molecule has 0 atom stereocenters. The minimum absolute atomic E-state index is 0.0970. The number of amides is 1. The Hall–Kier alpha value is -1.85. The van der Waals surface area contributed by atoms with Crippen molar-refractivity contribution < 1.29 is 4.79 Å². The van der Waals surface area contributed by atoms with Gasteiger partial charge in [-0.05, 0) is 60.3 Å². The SMILES string of the molecule is Cc1cc(Br)ccc1NC(=O)c1cc2cc(N)ccc2s1. The average Bonchev–Trinajstić information content (AvgIpc) is 2.85. The molecule has 106 valence electrons. The van der Waals surface area contributed by atoms with Gasteiger partial charge >= 0.3 is 0 Å². The van der Waals surface area contributed by atoms with Crippen molar-refractivity contribution in [2.24, 2.45) is 0 Å². The van der Waals surface area contributed by atoms with Gasteiger partial charge in [-0.15, -0.1) is 11.3 Å². The van der Waals surface area contributed by atoms with Gasteiger partial charge in [0.25, 0.3) is 5.91 Å². The number of rotatable bonds is 2. The van der Waals surface area contributed by atoms with Crippen LogP contribution in [0.2, 0.25) is 0 Å². The van der Waals surface area contributed by atoms with Crippen LogP contribution in [-0.2, 0) is 0 Å². The highest BCUT2D eigenvalue weighted by Gasteiger charge is 2.12. The first-order valence-corrected chi connectivity index (χ1v) is 8.00. The number of carbonyl (C=O) groups excluding carboxylic acids is 1. The maximum atomic E-state index is 12.4. The van der Waals surface area contributed by atoms with Crippen LogP contribution in [-0.4, -0.2) is 5.91 Å². The molecule has 0 bridgehead atoms. The van der Waals surface area contributed by atoms with Crippen LogP contribution in [0.5, 0.6) is 0 Å². The van der Waals surface area contributed by atoms with E-state index >= 15 is 0 Å². The number of fused-ring (bicyclic) bond motifs is 1. The molecule has 0 fully saturated rings. The molecule has 1 heterocycles. The Kier molecular flexibility index (Phi) is 3.69. The number of anilines is 2. The van der Waals surface area contributed by atoms with E-state index < -0.39 is 0 Å². The molecule has 0 unspecified atom stereocenters. The Labute approximate surface area is 134 Å². The van der Waals surface area contributed by atoms with E-state index in [2.05, 4.69) is 21.2 Å². The van der Waals surface area contributed by atoms with Crippen molar-refractivity contribution in [2.75, 3.05) is 11.1 Å². The van der Waals surface area contributed by atoms with Crippen LogP contribution in [0.4, 0.5) is 11.4 Å². The van der Waals surface area contributed by atoms with Gasteiger partial charge in [-0.25, -0.2) is 0 Å². The van der Waals surface area contributed by atoms with E-state index in [1.165, 1.54) is 11.3 Å². The zero-order valence-corrected chi connectivity index (χ0v) is 13.7. The fourth-order valence-corrected chi connectivity index (χ4v) is 3.54. The van der Waals surface area contributed by atoms with Crippen molar-refractivity contribution in [3.63, 3.8) is 0 Å². The zero-order valence-electron chi connectivity index (χ0n) is 11.3. The van der Waals surface area contributed by atoms with Crippen molar-refractivity contribution in [1.82, 2.24) is 0 Å². The van der Waals surface area contributed by atoms with Gasteiger partial charge in [0.1, 0.15) is 0 Å². The summed E-state index contributed by atoms with van der Waals surface area (Å²) >= 11 is 4.88. The van der Waals surface area contributed by atoms with Crippen LogP contribution in [0.1, 0.15) is 15.2 Å². The molecule has 0 aliphatic heterocycles. The summed E-state index contributed by atoms with van der Waals surface area (Å²) in [6, 6.07) is 13.3. The number of carbonyl (C=O) groups is 1. The molecule has 3 nitrogen and oxygen atoms in total. The van der Waals surface area contributed by atoms with Crippen LogP contribution >= 0.6 is 27.3 Å². The molecule has 0 aliphatic carbocycles. The van der Waals surface area contributed by atoms with Crippen molar-refractivity contribution in [1.29, 1.82) is 0 Å². The summed E-state index contributed by atoms with van der Waals surface area (Å²) < 4.78 is 2.05. The fourth-order valence-electron chi connectivity index (χ4n) is 2.12. The molecular formula is C16H13BrN2OS. The number of nitrogens with one attached hydrogen (secondary N) is 1. The van der Waals surface area contributed by atoms with E-state index in [9.17, 15) is 4.79 Å². The van der Waals surface area contributed by atoms with Crippen molar-refractivity contribution in [3.8, 4) is 0 Å². The average molecular weight is 361 g/mol. The number of hydrogen-bond acceptors (Lipinski definition) is 3. The summed E-state index contributed by atoms with van der Waals surface area (Å²) in [5, 5.41) is 3.95. The van der Waals surface area contributed by atoms with E-state index in [-0.39, 0.29) is 5.91 Å². The molecule has 1 aromatic heterocycles. The normalized spacial score (nSPS) is 10.8. The highest BCUT2D eigenvalue weighted by molar-refractivity contribution is 9.10. The third-order valence-corrected chi connectivity index (χ3v) is 4.81. The summed E-state index contributed by atoms with van der Waals surface area (Å²) in [6.45, 7) is 1.96. The summed E-state index contributed by atoms with van der Waals surface area (Å²) in [5.41, 5.74) is 8.31. The van der Waals surface area contributed by atoms with Gasteiger partial charge in [0.15, 0.2) is 0 Å². The molecular weight excluding hydrogens is 348 g/mol. The van der Waals surface area contributed by atoms with E-state index in [4.69, 9.17) is 5.73 Å². The Balaban J connectivity index is 1.89. The summed E-state index contributed by atoms with van der Waals surface area (Å²) in [7, 11) is 0. The number of hydrogen-bond donors (Lipinski definition) is 2. The monoisotopic (exact) mass is 360 g/mol. The first-order chi connectivity index (χ1) is 10.0. The van der Waals surface area contributed by atoms with Gasteiger partial charge in [-0.1, -0.05) is 15.9 Å². The summed E-state index contributed by atoms with van der Waals surface area (Å²) in [6.07, 6.45) is 0. The van der Waals surface area contributed by atoms with E-state index in [0.717, 1.165) is 25.8 Å². The second-order valence-electron chi connectivity index (χ2n) is 4.82. The number of halogens is 1. The largest absolute Gasteiger partial charge is 0.399 e. The maximum absolute atomic E-state index is 12.4. The number of nitrogen functional groups attached to an aromatic ring is 1. The van der Waals surface area contributed by atoms with Gasteiger partial charge in [0, 0.05) is 20.5 Å². The van der Waals surface area contributed by atoms with Gasteiger partial charge < -0.3 is 11.1 Å². The lowest BCUT2D eigenvalue weighted by Gasteiger charge is -2.07. The first kappa shape index (κ1) is 14.1. The van der Waals surface area contributed by atoms with Gasteiger partial charge in [0.2, 0.25) is 0 Å². The molecule has 3 N–H and O–H groups in total. The highest BCUT2D eigenvalue weighted by Crippen LogP contribution is 2.28. The molecule has 0 aliphatic rings. The molecule has 3 rings (SSSR count). The van der Waals surface area contributed by atoms with Crippen LogP contribution in [0.15, 0.2) is 46.9 Å². The number of benzene rings is 2. The molecule has 21 heavy (non-hydrogen) atoms. The van der Waals surface area contributed by atoms with E-state index in [1.54, 1.807) is 0 Å². The van der Waals surface area contributed by atoms with Crippen LogP contribution in [0.25, 0.3) is 10.1 Å². The fraction of sp³-hybridized carbons (Fsp3) is 0.0625. The number of aryl methyl sites for hydroxylation is 1. The molecule has 1 amide bonds. The molecule has 0 radical (unpaired) electrons. The Morgan fingerprint density at radius 2 is 2.00 bits per heavy atom. The van der Waals surface area contributed by atoms with Crippen molar-refractivity contribution >= 4 is 54.6 Å². The van der Waals surface area contributed by atoms with Gasteiger partial charge in [-0.2, -0.15) is 0 Å². The van der Waals surface area contributed by atoms with Crippen LogP contribution in [0.3, 0.4) is 0 Å². The molecule has 5 heteroatoms. The molecule has 0 spiro atoms. The zero-order chi connectivity index (χ0) is 15.0. The number of thiophene rings is 1. The third kappa shape index (κ3) is 2.94. The Morgan fingerprint density at radius 1 is 1.19 bits per heavy atom. The maximum Gasteiger partial charge on any atom is 0.265 e. The molecule has 0 saturated heterocycles. The Bertz CT molecular complexity index is 841. The first-order valence-electron chi connectivity index (χ1n) is 6.39. The second kappa shape index (κ2) is 5.50. The number of nitrogens with two attached hydrogens (primary N) is 1. The van der Waals surface area contributed by atoms with Crippen molar-refractivity contribution in [2.45, 2.75) is 6.92 Å². The Morgan fingerprint density at radius 3 is 2.76 bits per heavy atom. The minimum Gasteiger partial charge on any atom is -0.399 e. The van der Waals surface area contributed by atoms with Crippen molar-refractivity contribution in [3.05, 3.63) is 57.4 Å². The minimum atomic E-state index is -0.0970. The lowest BCUT2D eigenvalue weighted by molar-refractivity contribution is 0.103. The predicted molar refractivity (Wildman–Crippen MR) is 93.1 cm³/mol. The topological polar surface area (TPSA) is 55.1 Å². The smallest absolute Gasteiger partial charge is 0.265 e. The predicted octanol–water partition coefficient (Wildman–Crippen LogP) is 4.81. The van der Waals surface area contributed by atoms with Gasteiger partial charge in [-0.3, -0.25) is 4.79 Å². The lowest BCUT2D eigenvalue weighted by atomic mass is 10.2. The summed E-state index contributed by atoms with van der Waals surface area (Å²) in [4.78, 5) is 13.0. The van der Waals surface area contributed by atoms with Gasteiger partial charge in [0.05, 0.1) is 4.88 Å². The summed E-state index contributed by atoms with van der Waals surface area (Å²) in [5.74, 6) is -0.0970. The van der Waals surface area contributed by atoms with E-state index in [0.29, 0.717) is 10.6 Å². The molecule has 0 saturated carbocycles. The molecule has 2 aromatic carbocycles. The standard InChI is InChI=1S/C16H13BrN2OS/c1-9-6-11(17)2-4-13(9)19-16(20)15-8-10-7-12(18)3-5-14(10)21-15/h2-8H,18H2,1H3,(H,19,20). The third-order valence-electron chi connectivity index (χ3n) is 3.20. The second-order valence-corrected chi connectivity index (χ2v) is 6.82. The van der Waals surface area contributed by atoms with Crippen LogP contribution in [0, 0.1) is 6.92 Å². The highest BCUT2D eigenvalue weighted by atomic mass is 79.9.